The molecule has 43 heavy (non-hydrogen) atoms. The Balaban J connectivity index is 1.32. The lowest BCUT2D eigenvalue weighted by molar-refractivity contribution is -0.122. The third-order valence-corrected chi connectivity index (χ3v) is 9.60. The van der Waals surface area contributed by atoms with Crippen molar-refractivity contribution in [3.63, 3.8) is 0 Å². The number of carbonyl (C=O) groups is 3. The number of hydrogen-bond donors (Lipinski definition) is 2. The van der Waals surface area contributed by atoms with E-state index >= 15 is 0 Å². The molecule has 3 atom stereocenters. The fourth-order valence-electron chi connectivity index (χ4n) is 5.33. The minimum atomic E-state index is -0.753. The van der Waals surface area contributed by atoms with Crippen molar-refractivity contribution < 1.29 is 28.6 Å². The third kappa shape index (κ3) is 5.51. The molecule has 4 aromatic rings. The fraction of sp³-hybridized carbons (Fsp3) is 0.226. The van der Waals surface area contributed by atoms with Crippen molar-refractivity contribution in [2.24, 2.45) is 5.92 Å². The maximum absolute atomic E-state index is 14.0. The molecule has 2 aliphatic heterocycles. The molecule has 2 N–H and O–H groups in total. The van der Waals surface area contributed by atoms with Crippen molar-refractivity contribution in [3.8, 4) is 17.2 Å². The molecule has 3 heterocycles. The molecule has 3 unspecified atom stereocenters. The predicted octanol–water partition coefficient (Wildman–Crippen LogP) is 4.66. The van der Waals surface area contributed by atoms with Gasteiger partial charge >= 0.3 is 4.87 Å². The second-order valence-corrected chi connectivity index (χ2v) is 12.0. The first-order valence-corrected chi connectivity index (χ1v) is 15.2. The van der Waals surface area contributed by atoms with Crippen LogP contribution in [-0.4, -0.2) is 48.3 Å². The van der Waals surface area contributed by atoms with Gasteiger partial charge < -0.3 is 24.5 Å². The summed E-state index contributed by atoms with van der Waals surface area (Å²) in [7, 11) is 1.54. The molecule has 0 bridgehead atoms. The summed E-state index contributed by atoms with van der Waals surface area (Å²) in [6.45, 7) is 1.91. The SMILES string of the molecule is CCOc1cc(C2c3sc(=O)[nH]c3SC3C(=O)N(c4ccc(OC)cc4)C(=O)C32)ccc1OCC(=O)Nc1ccccc1. The van der Waals surface area contributed by atoms with E-state index in [1.807, 2.05) is 25.1 Å². The number of thioether (sulfide) groups is 1. The van der Waals surface area contributed by atoms with Crippen molar-refractivity contribution in [3.05, 3.63) is 92.9 Å². The Kier molecular flexibility index (Phi) is 7.96. The number of carbonyl (C=O) groups excluding carboxylic acids is 3. The van der Waals surface area contributed by atoms with E-state index in [1.54, 1.807) is 61.7 Å². The number of nitrogens with one attached hydrogen (secondary N) is 2. The van der Waals surface area contributed by atoms with E-state index in [1.165, 1.54) is 16.7 Å². The van der Waals surface area contributed by atoms with E-state index in [2.05, 4.69) is 10.3 Å². The summed E-state index contributed by atoms with van der Waals surface area (Å²) in [4.78, 5) is 57.1. The molecule has 2 aliphatic rings. The quantitative estimate of drug-likeness (QED) is 0.260. The van der Waals surface area contributed by atoms with Crippen LogP contribution in [0.5, 0.6) is 17.2 Å². The smallest absolute Gasteiger partial charge is 0.305 e. The van der Waals surface area contributed by atoms with Crippen molar-refractivity contribution in [1.82, 2.24) is 4.98 Å². The van der Waals surface area contributed by atoms with Gasteiger partial charge in [-0.3, -0.25) is 19.2 Å². The molecular formula is C31H27N3O7S2. The topological polar surface area (TPSA) is 127 Å². The van der Waals surface area contributed by atoms with Gasteiger partial charge in [0.1, 0.15) is 11.0 Å². The average Bonchev–Trinajstić information content (AvgIpc) is 3.51. The zero-order chi connectivity index (χ0) is 30.1. The van der Waals surface area contributed by atoms with E-state index in [4.69, 9.17) is 14.2 Å². The van der Waals surface area contributed by atoms with Gasteiger partial charge in [-0.15, -0.1) is 0 Å². The van der Waals surface area contributed by atoms with Gasteiger partial charge in [-0.2, -0.15) is 0 Å². The number of fused-ring (bicyclic) bond motifs is 2. The summed E-state index contributed by atoms with van der Waals surface area (Å²) in [6, 6.07) is 21.0. The lowest BCUT2D eigenvalue weighted by atomic mass is 9.83. The van der Waals surface area contributed by atoms with Crippen LogP contribution in [0.4, 0.5) is 11.4 Å². The highest BCUT2D eigenvalue weighted by Gasteiger charge is 2.56. The van der Waals surface area contributed by atoms with Gasteiger partial charge in [-0.1, -0.05) is 47.4 Å². The number of thiazole rings is 1. The van der Waals surface area contributed by atoms with Crippen LogP contribution in [0.15, 0.2) is 82.6 Å². The van der Waals surface area contributed by atoms with Crippen LogP contribution in [0.25, 0.3) is 0 Å². The first-order chi connectivity index (χ1) is 20.9. The van der Waals surface area contributed by atoms with Crippen molar-refractivity contribution in [2.45, 2.75) is 23.1 Å². The molecule has 1 aromatic heterocycles. The Hall–Kier alpha value is -4.55. The van der Waals surface area contributed by atoms with Gasteiger partial charge in [-0.25, -0.2) is 4.90 Å². The molecule has 0 saturated carbocycles. The summed E-state index contributed by atoms with van der Waals surface area (Å²) in [6.07, 6.45) is 0. The lowest BCUT2D eigenvalue weighted by Gasteiger charge is -2.30. The summed E-state index contributed by atoms with van der Waals surface area (Å²) in [5.74, 6) is -1.02. The third-order valence-electron chi connectivity index (χ3n) is 7.20. The molecule has 0 radical (unpaired) electrons. The molecule has 1 fully saturated rings. The van der Waals surface area contributed by atoms with Crippen LogP contribution in [0.2, 0.25) is 0 Å². The molecule has 0 aliphatic carbocycles. The summed E-state index contributed by atoms with van der Waals surface area (Å²) >= 11 is 2.24. The number of methoxy groups -OCH3 is 1. The Morgan fingerprint density at radius 3 is 2.44 bits per heavy atom. The van der Waals surface area contributed by atoms with Crippen molar-refractivity contribution in [1.29, 1.82) is 0 Å². The van der Waals surface area contributed by atoms with Crippen molar-refractivity contribution >= 4 is 52.2 Å². The van der Waals surface area contributed by atoms with Crippen LogP contribution in [0.3, 0.4) is 0 Å². The second-order valence-electron chi connectivity index (χ2n) is 9.80. The Bertz CT molecular complexity index is 1740. The van der Waals surface area contributed by atoms with E-state index in [9.17, 15) is 19.2 Å². The van der Waals surface area contributed by atoms with Gasteiger partial charge in [0.25, 0.3) is 5.91 Å². The number of hydrogen-bond acceptors (Lipinski definition) is 9. The van der Waals surface area contributed by atoms with Crippen LogP contribution < -0.4 is 29.3 Å². The highest BCUT2D eigenvalue weighted by atomic mass is 32.2. The molecule has 6 rings (SSSR count). The minimum absolute atomic E-state index is 0.244. The summed E-state index contributed by atoms with van der Waals surface area (Å²) in [5.41, 5.74) is 1.80. The maximum atomic E-state index is 14.0. The molecular weight excluding hydrogens is 590 g/mol. The van der Waals surface area contributed by atoms with Crippen LogP contribution in [0, 0.1) is 5.92 Å². The summed E-state index contributed by atoms with van der Waals surface area (Å²) in [5, 5.41) is 2.63. The van der Waals surface area contributed by atoms with Gasteiger partial charge in [0.2, 0.25) is 11.8 Å². The zero-order valence-electron chi connectivity index (χ0n) is 23.2. The maximum Gasteiger partial charge on any atom is 0.305 e. The number of benzene rings is 3. The monoisotopic (exact) mass is 617 g/mol. The number of amides is 3. The first-order valence-electron chi connectivity index (χ1n) is 13.5. The van der Waals surface area contributed by atoms with E-state index in [0.29, 0.717) is 50.7 Å². The zero-order valence-corrected chi connectivity index (χ0v) is 24.8. The van der Waals surface area contributed by atoms with Gasteiger partial charge in [0, 0.05) is 16.5 Å². The second kappa shape index (κ2) is 12.0. The van der Waals surface area contributed by atoms with Gasteiger partial charge in [0.05, 0.1) is 30.3 Å². The number of H-pyrrole nitrogens is 1. The molecule has 3 amide bonds. The molecule has 0 spiro atoms. The average molecular weight is 618 g/mol. The number of nitrogens with zero attached hydrogens (tertiary/aromatic N) is 1. The minimum Gasteiger partial charge on any atom is -0.497 e. The van der Waals surface area contributed by atoms with Crippen LogP contribution in [0.1, 0.15) is 23.3 Å². The van der Waals surface area contributed by atoms with E-state index < -0.39 is 17.1 Å². The largest absolute Gasteiger partial charge is 0.497 e. The molecule has 1 saturated heterocycles. The molecule has 3 aromatic carbocycles. The number of aromatic nitrogens is 1. The van der Waals surface area contributed by atoms with E-state index in [0.717, 1.165) is 11.3 Å². The van der Waals surface area contributed by atoms with Gasteiger partial charge in [0.15, 0.2) is 18.1 Å². The number of aromatic amines is 1. The normalized spacial score (nSPS) is 19.0. The number of para-hydroxylation sites is 1. The first kappa shape index (κ1) is 28.6. The predicted molar refractivity (Wildman–Crippen MR) is 164 cm³/mol. The lowest BCUT2D eigenvalue weighted by Crippen LogP contribution is -2.32. The Morgan fingerprint density at radius 1 is 0.953 bits per heavy atom. The van der Waals surface area contributed by atoms with E-state index in [-0.39, 0.29) is 29.2 Å². The Labute approximate surface area is 255 Å². The molecule has 10 nitrogen and oxygen atoms in total. The highest BCUT2D eigenvalue weighted by molar-refractivity contribution is 8.00. The van der Waals surface area contributed by atoms with Gasteiger partial charge in [-0.05, 0) is 61.0 Å². The number of imide groups is 1. The fourth-order valence-corrected chi connectivity index (χ4v) is 7.84. The van der Waals surface area contributed by atoms with Crippen LogP contribution >= 0.6 is 23.1 Å². The van der Waals surface area contributed by atoms with Crippen molar-refractivity contribution in [2.75, 3.05) is 30.5 Å². The standard InChI is InChI=1S/C31H27N3O7S2/c1-3-40-22-15-17(9-14-21(22)41-16-23(35)32-18-7-5-4-6-8-18)24-25-27(42-28-26(24)43-31(38)33-28)30(37)34(29(25)36)19-10-12-20(39-2)13-11-19/h4-15,24-25,27H,3,16H2,1-2H3,(H,32,35)(H,33,38). The highest BCUT2D eigenvalue weighted by Crippen LogP contribution is 2.53. The number of ether oxygens (including phenoxy) is 3. The van der Waals surface area contributed by atoms with Crippen LogP contribution in [-0.2, 0) is 14.4 Å². The summed E-state index contributed by atoms with van der Waals surface area (Å²) < 4.78 is 16.9. The Morgan fingerprint density at radius 2 is 1.72 bits per heavy atom. The molecule has 12 heteroatoms. The number of anilines is 2. The molecule has 220 valence electrons. The number of rotatable bonds is 9.